The van der Waals surface area contributed by atoms with Crippen LogP contribution in [-0.2, 0) is 6.54 Å². The Bertz CT molecular complexity index is 266. The quantitative estimate of drug-likeness (QED) is 0.690. The fraction of sp³-hybridized carbons (Fsp3) is 0.222. The summed E-state index contributed by atoms with van der Waals surface area (Å²) in [5, 5.41) is 0. The number of nitrogens with zero attached hydrogens (tertiary/aromatic N) is 1. The minimum absolute atomic E-state index is 0.560. The summed E-state index contributed by atoms with van der Waals surface area (Å²) in [6.45, 7) is 6.15. The fourth-order valence-corrected chi connectivity index (χ4v) is 0.991. The molecule has 0 unspecified atom stereocenters. The Balaban J connectivity index is 3.11. The molecule has 0 radical (unpaired) electrons. The molecule has 0 aliphatic carbocycles. The molecule has 0 spiro atoms. The van der Waals surface area contributed by atoms with Gasteiger partial charge in [0.05, 0.1) is 5.69 Å². The first-order valence-corrected chi connectivity index (χ1v) is 3.56. The number of rotatable bonds is 2. The summed E-state index contributed by atoms with van der Waals surface area (Å²) in [4.78, 5) is 4.23. The van der Waals surface area contributed by atoms with Gasteiger partial charge in [-0.25, -0.2) is 0 Å². The van der Waals surface area contributed by atoms with Gasteiger partial charge in [0.25, 0.3) is 0 Å². The maximum Gasteiger partial charge on any atom is 0.0630 e. The summed E-state index contributed by atoms with van der Waals surface area (Å²) in [5.41, 5.74) is 8.47. The van der Waals surface area contributed by atoms with Crippen molar-refractivity contribution in [2.45, 2.75) is 13.5 Å². The third-order valence-corrected chi connectivity index (χ3v) is 1.48. The molecule has 0 saturated carbocycles. The van der Waals surface area contributed by atoms with Crippen molar-refractivity contribution in [2.75, 3.05) is 0 Å². The van der Waals surface area contributed by atoms with Crippen LogP contribution in [0.3, 0.4) is 0 Å². The molecule has 0 amide bonds. The van der Waals surface area contributed by atoms with Crippen LogP contribution < -0.4 is 5.73 Å². The van der Waals surface area contributed by atoms with Crippen LogP contribution in [0.5, 0.6) is 0 Å². The Kier molecular flexibility index (Phi) is 2.39. The van der Waals surface area contributed by atoms with Crippen molar-refractivity contribution in [1.29, 1.82) is 0 Å². The Morgan fingerprint density at radius 2 is 2.36 bits per heavy atom. The molecule has 2 N–H and O–H groups in total. The molecular weight excluding hydrogens is 136 g/mol. The fourth-order valence-electron chi connectivity index (χ4n) is 0.991. The van der Waals surface area contributed by atoms with Crippen molar-refractivity contribution in [1.82, 2.24) is 4.98 Å². The van der Waals surface area contributed by atoms with Gasteiger partial charge in [-0.1, -0.05) is 6.58 Å². The predicted molar refractivity (Wildman–Crippen MR) is 47.0 cm³/mol. The zero-order valence-corrected chi connectivity index (χ0v) is 6.67. The molecule has 2 nitrogen and oxygen atoms in total. The molecular formula is C9H12N2. The number of aromatic nitrogens is 1. The van der Waals surface area contributed by atoms with E-state index in [4.69, 9.17) is 5.73 Å². The Hall–Kier alpha value is -1.15. The third-order valence-electron chi connectivity index (χ3n) is 1.48. The molecule has 58 valence electrons. The highest BCUT2D eigenvalue weighted by Crippen LogP contribution is 2.05. The molecule has 0 aliphatic rings. The number of hydrogen-bond donors (Lipinski definition) is 1. The molecule has 0 saturated heterocycles. The average molecular weight is 148 g/mol. The molecule has 0 aromatic carbocycles. The van der Waals surface area contributed by atoms with Crippen LogP contribution in [-0.4, -0.2) is 4.98 Å². The highest BCUT2D eigenvalue weighted by atomic mass is 14.7. The van der Waals surface area contributed by atoms with Crippen LogP contribution in [0.4, 0.5) is 0 Å². The SMILES string of the molecule is C=Cc1cc(CN)cc(C)n1. The number of nitrogens with two attached hydrogens (primary N) is 1. The van der Waals surface area contributed by atoms with Crippen molar-refractivity contribution < 1.29 is 0 Å². The smallest absolute Gasteiger partial charge is 0.0630 e. The third kappa shape index (κ3) is 1.88. The van der Waals surface area contributed by atoms with Crippen LogP contribution >= 0.6 is 0 Å². The first-order valence-electron chi connectivity index (χ1n) is 3.56. The van der Waals surface area contributed by atoms with Crippen LogP contribution in [0, 0.1) is 6.92 Å². The van der Waals surface area contributed by atoms with E-state index >= 15 is 0 Å². The van der Waals surface area contributed by atoms with Gasteiger partial charge in [-0.15, -0.1) is 0 Å². The van der Waals surface area contributed by atoms with E-state index in [0.29, 0.717) is 6.54 Å². The van der Waals surface area contributed by atoms with E-state index in [-0.39, 0.29) is 0 Å². The predicted octanol–water partition coefficient (Wildman–Crippen LogP) is 1.49. The Morgan fingerprint density at radius 1 is 1.64 bits per heavy atom. The zero-order valence-electron chi connectivity index (χ0n) is 6.67. The van der Waals surface area contributed by atoms with Crippen molar-refractivity contribution in [3.63, 3.8) is 0 Å². The van der Waals surface area contributed by atoms with Gasteiger partial charge in [0, 0.05) is 12.2 Å². The van der Waals surface area contributed by atoms with Crippen molar-refractivity contribution in [2.24, 2.45) is 5.73 Å². The van der Waals surface area contributed by atoms with Gasteiger partial charge in [0.1, 0.15) is 0 Å². The summed E-state index contributed by atoms with van der Waals surface area (Å²) in [7, 11) is 0. The van der Waals surface area contributed by atoms with E-state index in [1.807, 2.05) is 19.1 Å². The molecule has 1 rings (SSSR count). The van der Waals surface area contributed by atoms with Crippen molar-refractivity contribution in [3.05, 3.63) is 35.7 Å². The molecule has 11 heavy (non-hydrogen) atoms. The van der Waals surface area contributed by atoms with Gasteiger partial charge in [-0.2, -0.15) is 0 Å². The second-order valence-electron chi connectivity index (χ2n) is 2.45. The molecule has 0 atom stereocenters. The van der Waals surface area contributed by atoms with Gasteiger partial charge < -0.3 is 5.73 Å². The van der Waals surface area contributed by atoms with Gasteiger partial charge in [-0.05, 0) is 30.7 Å². The van der Waals surface area contributed by atoms with Crippen LogP contribution in [0.25, 0.3) is 6.08 Å². The first kappa shape index (κ1) is 7.95. The van der Waals surface area contributed by atoms with Gasteiger partial charge in [0.15, 0.2) is 0 Å². The summed E-state index contributed by atoms with van der Waals surface area (Å²) in [6, 6.07) is 3.92. The van der Waals surface area contributed by atoms with E-state index in [0.717, 1.165) is 17.0 Å². The van der Waals surface area contributed by atoms with Crippen molar-refractivity contribution in [3.8, 4) is 0 Å². The van der Waals surface area contributed by atoms with E-state index in [1.165, 1.54) is 0 Å². The molecule has 2 heteroatoms. The lowest BCUT2D eigenvalue weighted by atomic mass is 10.2. The van der Waals surface area contributed by atoms with Gasteiger partial charge in [0.2, 0.25) is 0 Å². The topological polar surface area (TPSA) is 38.9 Å². The standard InChI is InChI=1S/C9H12N2/c1-3-9-5-8(6-10)4-7(2)11-9/h3-5H,1,6,10H2,2H3. The second kappa shape index (κ2) is 3.30. The van der Waals surface area contributed by atoms with Crippen LogP contribution in [0.1, 0.15) is 17.0 Å². The second-order valence-corrected chi connectivity index (χ2v) is 2.45. The maximum atomic E-state index is 5.48. The van der Waals surface area contributed by atoms with E-state index in [2.05, 4.69) is 11.6 Å². The van der Waals surface area contributed by atoms with E-state index in [1.54, 1.807) is 6.08 Å². The summed E-state index contributed by atoms with van der Waals surface area (Å²) in [6.07, 6.45) is 1.73. The lowest BCUT2D eigenvalue weighted by Gasteiger charge is -2.00. The highest BCUT2D eigenvalue weighted by molar-refractivity contribution is 5.43. The molecule has 1 heterocycles. The maximum absolute atomic E-state index is 5.48. The number of pyridine rings is 1. The van der Waals surface area contributed by atoms with E-state index in [9.17, 15) is 0 Å². The molecule has 0 bridgehead atoms. The van der Waals surface area contributed by atoms with Crippen LogP contribution in [0.15, 0.2) is 18.7 Å². The lowest BCUT2D eigenvalue weighted by Crippen LogP contribution is -1.98. The zero-order chi connectivity index (χ0) is 8.27. The monoisotopic (exact) mass is 148 g/mol. The Labute approximate surface area is 66.8 Å². The normalized spacial score (nSPS) is 9.64. The summed E-state index contributed by atoms with van der Waals surface area (Å²) < 4.78 is 0. The first-order chi connectivity index (χ1) is 5.26. The molecule has 1 aromatic rings. The number of hydrogen-bond acceptors (Lipinski definition) is 2. The van der Waals surface area contributed by atoms with Gasteiger partial charge in [-0.3, -0.25) is 4.98 Å². The van der Waals surface area contributed by atoms with Crippen molar-refractivity contribution >= 4 is 6.08 Å². The number of aryl methyl sites for hydroxylation is 1. The van der Waals surface area contributed by atoms with E-state index < -0.39 is 0 Å². The molecule has 0 fully saturated rings. The molecule has 0 aliphatic heterocycles. The largest absolute Gasteiger partial charge is 0.326 e. The Morgan fingerprint density at radius 3 is 2.91 bits per heavy atom. The summed E-state index contributed by atoms with van der Waals surface area (Å²) in [5.74, 6) is 0. The lowest BCUT2D eigenvalue weighted by molar-refractivity contribution is 1.04. The average Bonchev–Trinajstić information content (AvgIpc) is 2.03. The summed E-state index contributed by atoms with van der Waals surface area (Å²) >= 11 is 0. The minimum Gasteiger partial charge on any atom is -0.326 e. The van der Waals surface area contributed by atoms with Crippen LogP contribution in [0.2, 0.25) is 0 Å². The van der Waals surface area contributed by atoms with Gasteiger partial charge >= 0.3 is 0 Å². The molecule has 1 aromatic heterocycles. The highest BCUT2D eigenvalue weighted by Gasteiger charge is 1.94. The minimum atomic E-state index is 0.560.